The van der Waals surface area contributed by atoms with E-state index < -0.39 is 0 Å². The summed E-state index contributed by atoms with van der Waals surface area (Å²) >= 11 is 0. The summed E-state index contributed by atoms with van der Waals surface area (Å²) in [6, 6.07) is 11.0. The summed E-state index contributed by atoms with van der Waals surface area (Å²) in [7, 11) is 1.54. The molecule has 10 heteroatoms. The molecule has 2 heterocycles. The number of rotatable bonds is 9. The number of benzene rings is 2. The molecule has 1 aliphatic heterocycles. The Morgan fingerprint density at radius 2 is 1.92 bits per heavy atom. The van der Waals surface area contributed by atoms with Gasteiger partial charge in [-0.3, -0.25) is 14.7 Å². The van der Waals surface area contributed by atoms with Crippen LogP contribution in [0, 0.1) is 0 Å². The monoisotopic (exact) mass is 510 g/mol. The summed E-state index contributed by atoms with van der Waals surface area (Å²) in [5.41, 5.74) is 2.97. The number of hydrogen-bond donors (Lipinski definition) is 4. The van der Waals surface area contributed by atoms with Crippen molar-refractivity contribution in [2.24, 2.45) is 0 Å². The number of hydrogen-bond acceptors (Lipinski definition) is 9. The van der Waals surface area contributed by atoms with Crippen molar-refractivity contribution >= 4 is 28.3 Å². The smallest absolute Gasteiger partial charge is 0.271 e. The number of nitrogens with zero attached hydrogens (tertiary/aromatic N) is 3. The minimum Gasteiger partial charge on any atom is -0.508 e. The Kier molecular flexibility index (Phi) is 10.9. The number of aromatic nitrogens is 2. The molecule has 10 nitrogen and oxygen atoms in total. The lowest BCUT2D eigenvalue weighted by molar-refractivity contribution is 0.0383. The third-order valence-corrected chi connectivity index (χ3v) is 5.62. The maximum absolute atomic E-state index is 12.5. The molecule has 0 spiro atoms. The van der Waals surface area contributed by atoms with E-state index in [0.717, 1.165) is 45.1 Å². The van der Waals surface area contributed by atoms with Gasteiger partial charge in [-0.25, -0.2) is 4.98 Å². The third-order valence-electron chi connectivity index (χ3n) is 5.62. The van der Waals surface area contributed by atoms with Crippen LogP contribution in [0.4, 0.5) is 11.4 Å². The lowest BCUT2D eigenvalue weighted by atomic mass is 10.2. The van der Waals surface area contributed by atoms with Gasteiger partial charge in [0.25, 0.3) is 5.91 Å². The molecule has 2 aromatic carbocycles. The fourth-order valence-electron chi connectivity index (χ4n) is 3.79. The average Bonchev–Trinajstić information content (AvgIpc) is 2.88. The first-order chi connectivity index (χ1) is 17.9. The van der Waals surface area contributed by atoms with Crippen molar-refractivity contribution in [2.45, 2.75) is 26.8 Å². The highest BCUT2D eigenvalue weighted by molar-refractivity contribution is 5.94. The predicted molar refractivity (Wildman–Crippen MR) is 146 cm³/mol. The molecule has 200 valence electrons. The Hall–Kier alpha value is -3.47. The van der Waals surface area contributed by atoms with E-state index in [4.69, 9.17) is 9.47 Å². The molecule has 0 bridgehead atoms. The zero-order valence-corrected chi connectivity index (χ0v) is 22.1. The lowest BCUT2D eigenvalue weighted by Gasteiger charge is -2.26. The fourth-order valence-corrected chi connectivity index (χ4v) is 3.79. The van der Waals surface area contributed by atoms with E-state index in [-0.39, 0.29) is 17.4 Å². The predicted octanol–water partition coefficient (Wildman–Crippen LogP) is 3.15. The second-order valence-corrected chi connectivity index (χ2v) is 8.93. The molecule has 37 heavy (non-hydrogen) atoms. The highest BCUT2D eigenvalue weighted by atomic mass is 16.5. The van der Waals surface area contributed by atoms with Crippen molar-refractivity contribution < 1.29 is 19.4 Å². The molecular formula is C27H38N6O4. The highest BCUT2D eigenvalue weighted by Crippen LogP contribution is 2.28. The number of amides is 1. The molecule has 0 radical (unpaired) electrons. The number of nitrogens with one attached hydrogen (secondary N) is 3. The molecule has 0 atom stereocenters. The molecule has 1 aliphatic rings. The quantitative estimate of drug-likeness (QED) is 0.344. The van der Waals surface area contributed by atoms with Gasteiger partial charge in [0.15, 0.2) is 0 Å². The second kappa shape index (κ2) is 14.3. The Labute approximate surface area is 218 Å². The standard InChI is InChI=1S/C22H25N5O4.C5H13N/c1-30-18-11-16(10-17(28)13-18)25-15-2-3-19-20(12-15)26-21(14-24-19)22(29)23-4-5-27-6-8-31-9-7-27;1-4-6-5(2)3/h2-3,10-14,25,28H,4-9H2,1H3,(H,23,29);5-6H,4H2,1-3H3. The average molecular weight is 511 g/mol. The van der Waals surface area contributed by atoms with E-state index in [1.165, 1.54) is 19.4 Å². The van der Waals surface area contributed by atoms with Crippen LogP contribution in [-0.4, -0.2) is 85.0 Å². The van der Waals surface area contributed by atoms with Crippen LogP contribution in [0.15, 0.2) is 42.6 Å². The number of aromatic hydroxyl groups is 1. The molecule has 4 rings (SSSR count). The second-order valence-electron chi connectivity index (χ2n) is 8.93. The number of ether oxygens (including phenoxy) is 2. The largest absolute Gasteiger partial charge is 0.508 e. The molecule has 0 aliphatic carbocycles. The first kappa shape index (κ1) is 28.1. The number of carbonyl (C=O) groups excluding carboxylic acids is 1. The van der Waals surface area contributed by atoms with Crippen molar-refractivity contribution in [1.82, 2.24) is 25.5 Å². The molecule has 1 fully saturated rings. The Bertz CT molecular complexity index is 1150. The number of morpholine rings is 1. The zero-order chi connectivity index (χ0) is 26.6. The van der Waals surface area contributed by atoms with Crippen LogP contribution in [0.2, 0.25) is 0 Å². The SMILES string of the molecule is CCNC(C)C.COc1cc(O)cc(Nc2ccc3ncc(C(=O)NCCN4CCOCC4)nc3c2)c1. The molecule has 1 aromatic heterocycles. The summed E-state index contributed by atoms with van der Waals surface area (Å²) in [4.78, 5) is 23.6. The van der Waals surface area contributed by atoms with E-state index in [9.17, 15) is 9.90 Å². The number of carbonyl (C=O) groups is 1. The van der Waals surface area contributed by atoms with Gasteiger partial charge in [-0.15, -0.1) is 0 Å². The molecule has 1 amide bonds. The van der Waals surface area contributed by atoms with Crippen LogP contribution >= 0.6 is 0 Å². The van der Waals surface area contributed by atoms with Crippen LogP contribution in [0.1, 0.15) is 31.3 Å². The Morgan fingerprint density at radius 3 is 2.59 bits per heavy atom. The summed E-state index contributed by atoms with van der Waals surface area (Å²) in [6.07, 6.45) is 1.49. The minimum atomic E-state index is -0.251. The highest BCUT2D eigenvalue weighted by Gasteiger charge is 2.13. The number of phenolic OH excluding ortho intramolecular Hbond substituents is 1. The van der Waals surface area contributed by atoms with Gasteiger partial charge in [-0.1, -0.05) is 20.8 Å². The maximum atomic E-state index is 12.5. The van der Waals surface area contributed by atoms with Gasteiger partial charge in [-0.2, -0.15) is 0 Å². The zero-order valence-electron chi connectivity index (χ0n) is 22.1. The van der Waals surface area contributed by atoms with Gasteiger partial charge >= 0.3 is 0 Å². The molecule has 1 saturated heterocycles. The summed E-state index contributed by atoms with van der Waals surface area (Å²) in [6.45, 7) is 12.0. The van der Waals surface area contributed by atoms with Crippen molar-refractivity contribution in [3.8, 4) is 11.5 Å². The summed E-state index contributed by atoms with van der Waals surface area (Å²) in [5.74, 6) is 0.385. The van der Waals surface area contributed by atoms with Gasteiger partial charge in [-0.05, 0) is 24.7 Å². The van der Waals surface area contributed by atoms with Crippen molar-refractivity contribution in [1.29, 1.82) is 0 Å². The van der Waals surface area contributed by atoms with Crippen LogP contribution in [0.5, 0.6) is 11.5 Å². The third kappa shape index (κ3) is 9.16. The minimum absolute atomic E-state index is 0.0958. The molecular weight excluding hydrogens is 472 g/mol. The molecule has 0 unspecified atom stereocenters. The van der Waals surface area contributed by atoms with Crippen molar-refractivity contribution in [3.63, 3.8) is 0 Å². The van der Waals surface area contributed by atoms with E-state index in [0.29, 0.717) is 35.1 Å². The van der Waals surface area contributed by atoms with Gasteiger partial charge in [0.2, 0.25) is 0 Å². The first-order valence-corrected chi connectivity index (χ1v) is 12.6. The van der Waals surface area contributed by atoms with E-state index in [1.54, 1.807) is 12.1 Å². The topological polar surface area (TPSA) is 121 Å². The van der Waals surface area contributed by atoms with Crippen LogP contribution in [0.25, 0.3) is 11.0 Å². The molecule has 0 saturated carbocycles. The molecule has 3 aromatic rings. The summed E-state index contributed by atoms with van der Waals surface area (Å²) in [5, 5.41) is 19.1. The van der Waals surface area contributed by atoms with Crippen LogP contribution in [-0.2, 0) is 4.74 Å². The maximum Gasteiger partial charge on any atom is 0.271 e. The van der Waals surface area contributed by atoms with E-state index >= 15 is 0 Å². The van der Waals surface area contributed by atoms with Gasteiger partial charge in [0.1, 0.15) is 17.2 Å². The first-order valence-electron chi connectivity index (χ1n) is 12.6. The van der Waals surface area contributed by atoms with Crippen molar-refractivity contribution in [2.75, 3.05) is 58.4 Å². The Morgan fingerprint density at radius 1 is 1.14 bits per heavy atom. The van der Waals surface area contributed by atoms with Crippen molar-refractivity contribution in [3.05, 3.63) is 48.3 Å². The van der Waals surface area contributed by atoms with Crippen LogP contribution < -0.4 is 20.7 Å². The van der Waals surface area contributed by atoms with Gasteiger partial charge in [0, 0.05) is 61.8 Å². The number of anilines is 2. The van der Waals surface area contributed by atoms with E-state index in [1.807, 2.05) is 18.2 Å². The lowest BCUT2D eigenvalue weighted by Crippen LogP contribution is -2.41. The van der Waals surface area contributed by atoms with Gasteiger partial charge in [0.05, 0.1) is 37.6 Å². The fraction of sp³-hybridized carbons (Fsp3) is 0.444. The number of phenols is 1. The van der Waals surface area contributed by atoms with E-state index in [2.05, 4.69) is 51.6 Å². The van der Waals surface area contributed by atoms with Crippen LogP contribution in [0.3, 0.4) is 0 Å². The Balaban J connectivity index is 0.000000568. The number of methoxy groups -OCH3 is 1. The molecule has 4 N–H and O–H groups in total. The number of fused-ring (bicyclic) bond motifs is 1. The normalized spacial score (nSPS) is 13.6. The van der Waals surface area contributed by atoms with Gasteiger partial charge < -0.3 is 30.5 Å². The summed E-state index contributed by atoms with van der Waals surface area (Å²) < 4.78 is 10.5.